The topological polar surface area (TPSA) is 26.3 Å². The summed E-state index contributed by atoms with van der Waals surface area (Å²) >= 11 is 3.08. The molecule has 0 fully saturated rings. The fourth-order valence-electron chi connectivity index (χ4n) is 1.20. The average molecular weight is 261 g/mol. The molecule has 0 saturated carbocycles. The number of halogens is 2. The minimum absolute atomic E-state index is 0.295. The molecule has 76 valence electrons. The highest BCUT2D eigenvalue weighted by Gasteiger charge is 2.11. The van der Waals surface area contributed by atoms with Gasteiger partial charge in [0.05, 0.1) is 11.6 Å². The number of hydrogen-bond acceptors (Lipinski definition) is 2. The first-order valence-electron chi connectivity index (χ1n) is 4.15. The van der Waals surface area contributed by atoms with Gasteiger partial charge in [0.25, 0.3) is 0 Å². The van der Waals surface area contributed by atoms with E-state index in [1.807, 2.05) is 0 Å². The third kappa shape index (κ3) is 2.32. The standard InChI is InChI=1S/C10H10BrFO2/c1-14-9-5-4-8(11)10(12)7(9)3-2-6-13/h4-6H,2-3H2,1H3. The molecule has 1 aromatic rings. The predicted octanol–water partition coefficient (Wildman–Crippen LogP) is 2.73. The molecule has 0 aliphatic rings. The molecule has 0 spiro atoms. The van der Waals surface area contributed by atoms with Gasteiger partial charge < -0.3 is 9.53 Å². The summed E-state index contributed by atoms with van der Waals surface area (Å²) in [4.78, 5) is 10.2. The molecule has 0 aromatic heterocycles. The van der Waals surface area contributed by atoms with Crippen molar-refractivity contribution in [3.63, 3.8) is 0 Å². The lowest BCUT2D eigenvalue weighted by Gasteiger charge is -2.09. The molecule has 1 rings (SSSR count). The van der Waals surface area contributed by atoms with Crippen LogP contribution in [0.15, 0.2) is 16.6 Å². The molecular formula is C10H10BrFO2. The first kappa shape index (κ1) is 11.2. The number of hydrogen-bond donors (Lipinski definition) is 0. The summed E-state index contributed by atoms with van der Waals surface area (Å²) in [6.45, 7) is 0. The van der Waals surface area contributed by atoms with E-state index in [1.165, 1.54) is 7.11 Å². The second-order valence-electron chi connectivity index (χ2n) is 2.75. The van der Waals surface area contributed by atoms with Crippen LogP contribution in [0.4, 0.5) is 4.39 Å². The van der Waals surface area contributed by atoms with Gasteiger partial charge in [-0.3, -0.25) is 0 Å². The summed E-state index contributed by atoms with van der Waals surface area (Å²) in [7, 11) is 1.48. The molecule has 14 heavy (non-hydrogen) atoms. The van der Waals surface area contributed by atoms with E-state index in [4.69, 9.17) is 4.74 Å². The average Bonchev–Trinajstić information content (AvgIpc) is 2.20. The van der Waals surface area contributed by atoms with E-state index < -0.39 is 0 Å². The van der Waals surface area contributed by atoms with Gasteiger partial charge >= 0.3 is 0 Å². The molecule has 2 nitrogen and oxygen atoms in total. The Morgan fingerprint density at radius 2 is 2.29 bits per heavy atom. The van der Waals surface area contributed by atoms with E-state index in [-0.39, 0.29) is 5.82 Å². The second kappa shape index (κ2) is 5.10. The molecule has 4 heteroatoms. The van der Waals surface area contributed by atoms with Crippen LogP contribution in [0.25, 0.3) is 0 Å². The van der Waals surface area contributed by atoms with E-state index in [0.717, 1.165) is 6.29 Å². The van der Waals surface area contributed by atoms with Gasteiger partial charge in [-0.25, -0.2) is 4.39 Å². The third-order valence-electron chi connectivity index (χ3n) is 1.89. The lowest BCUT2D eigenvalue weighted by Crippen LogP contribution is -1.97. The highest BCUT2D eigenvalue weighted by atomic mass is 79.9. The van der Waals surface area contributed by atoms with Crippen LogP contribution in [-0.2, 0) is 11.2 Å². The number of ether oxygens (including phenoxy) is 1. The van der Waals surface area contributed by atoms with Gasteiger partial charge in [-0.05, 0) is 34.5 Å². The lowest BCUT2D eigenvalue weighted by molar-refractivity contribution is -0.107. The van der Waals surface area contributed by atoms with Gasteiger partial charge in [0.2, 0.25) is 0 Å². The number of benzene rings is 1. The van der Waals surface area contributed by atoms with Crippen LogP contribution in [0.5, 0.6) is 5.75 Å². The van der Waals surface area contributed by atoms with Crippen molar-refractivity contribution in [2.24, 2.45) is 0 Å². The highest BCUT2D eigenvalue weighted by Crippen LogP contribution is 2.28. The van der Waals surface area contributed by atoms with Crippen molar-refractivity contribution in [1.29, 1.82) is 0 Å². The smallest absolute Gasteiger partial charge is 0.144 e. The maximum Gasteiger partial charge on any atom is 0.144 e. The Kier molecular flexibility index (Phi) is 4.07. The SMILES string of the molecule is COc1ccc(Br)c(F)c1CCC=O. The van der Waals surface area contributed by atoms with Crippen molar-refractivity contribution >= 4 is 22.2 Å². The molecule has 0 unspecified atom stereocenters. The molecule has 0 heterocycles. The highest BCUT2D eigenvalue weighted by molar-refractivity contribution is 9.10. The Hall–Kier alpha value is -0.900. The molecule has 0 N–H and O–H groups in total. The Bertz CT molecular complexity index is 339. The molecule has 0 saturated heterocycles. The number of carbonyl (C=O) groups is 1. The van der Waals surface area contributed by atoms with E-state index in [1.54, 1.807) is 12.1 Å². The van der Waals surface area contributed by atoms with Crippen LogP contribution in [0.1, 0.15) is 12.0 Å². The van der Waals surface area contributed by atoms with Crippen LogP contribution in [0.3, 0.4) is 0 Å². The summed E-state index contributed by atoms with van der Waals surface area (Å²) in [6.07, 6.45) is 1.42. The van der Waals surface area contributed by atoms with Gasteiger partial charge in [0, 0.05) is 12.0 Å². The van der Waals surface area contributed by atoms with Crippen LogP contribution < -0.4 is 4.74 Å². The normalized spacial score (nSPS) is 9.93. The first-order valence-corrected chi connectivity index (χ1v) is 4.94. The Morgan fingerprint density at radius 1 is 1.57 bits per heavy atom. The summed E-state index contributed by atoms with van der Waals surface area (Å²) in [6, 6.07) is 3.26. The molecule has 0 aliphatic heterocycles. The van der Waals surface area contributed by atoms with Gasteiger partial charge in [-0.2, -0.15) is 0 Å². The van der Waals surface area contributed by atoms with Gasteiger partial charge in [0.15, 0.2) is 0 Å². The molecule has 0 radical (unpaired) electrons. The summed E-state index contributed by atoms with van der Waals surface area (Å²) in [5, 5.41) is 0. The van der Waals surface area contributed by atoms with Crippen molar-refractivity contribution in [2.45, 2.75) is 12.8 Å². The molecule has 0 aliphatic carbocycles. The minimum atomic E-state index is -0.355. The van der Waals surface area contributed by atoms with Gasteiger partial charge in [-0.1, -0.05) is 0 Å². The summed E-state index contributed by atoms with van der Waals surface area (Å²) < 4.78 is 18.9. The zero-order valence-corrected chi connectivity index (χ0v) is 9.30. The molecule has 1 aromatic carbocycles. The maximum absolute atomic E-state index is 13.5. The Morgan fingerprint density at radius 3 is 2.86 bits per heavy atom. The fourth-order valence-corrected chi connectivity index (χ4v) is 1.57. The zero-order chi connectivity index (χ0) is 10.6. The Labute approximate surface area is 90.2 Å². The van der Waals surface area contributed by atoms with Crippen LogP contribution >= 0.6 is 15.9 Å². The van der Waals surface area contributed by atoms with E-state index in [2.05, 4.69) is 15.9 Å². The van der Waals surface area contributed by atoms with Crippen molar-refractivity contribution < 1.29 is 13.9 Å². The number of aldehydes is 1. The zero-order valence-electron chi connectivity index (χ0n) is 7.72. The van der Waals surface area contributed by atoms with Crippen LogP contribution in [-0.4, -0.2) is 13.4 Å². The van der Waals surface area contributed by atoms with Gasteiger partial charge in [0.1, 0.15) is 17.9 Å². The number of carbonyl (C=O) groups excluding carboxylic acids is 1. The summed E-state index contributed by atoms with van der Waals surface area (Å²) in [5.41, 5.74) is 0.439. The summed E-state index contributed by atoms with van der Waals surface area (Å²) in [5.74, 6) is 0.124. The van der Waals surface area contributed by atoms with E-state index in [9.17, 15) is 9.18 Å². The fraction of sp³-hybridized carbons (Fsp3) is 0.300. The van der Waals surface area contributed by atoms with E-state index >= 15 is 0 Å². The molecule has 0 amide bonds. The van der Waals surface area contributed by atoms with Crippen molar-refractivity contribution in [2.75, 3.05) is 7.11 Å². The first-order chi connectivity index (χ1) is 6.70. The van der Waals surface area contributed by atoms with Gasteiger partial charge in [-0.15, -0.1) is 0 Å². The lowest BCUT2D eigenvalue weighted by atomic mass is 10.1. The number of rotatable bonds is 4. The van der Waals surface area contributed by atoms with Crippen LogP contribution in [0, 0.1) is 5.82 Å². The van der Waals surface area contributed by atoms with Crippen molar-refractivity contribution in [1.82, 2.24) is 0 Å². The Balaban J connectivity index is 3.07. The molecule has 0 atom stereocenters. The largest absolute Gasteiger partial charge is 0.496 e. The quantitative estimate of drug-likeness (QED) is 0.779. The third-order valence-corrected chi connectivity index (χ3v) is 2.50. The number of methoxy groups -OCH3 is 1. The monoisotopic (exact) mass is 260 g/mol. The van der Waals surface area contributed by atoms with Crippen molar-refractivity contribution in [3.05, 3.63) is 28.0 Å². The second-order valence-corrected chi connectivity index (χ2v) is 3.60. The minimum Gasteiger partial charge on any atom is -0.496 e. The van der Waals surface area contributed by atoms with Crippen molar-refractivity contribution in [3.8, 4) is 5.75 Å². The molecule has 0 bridgehead atoms. The van der Waals surface area contributed by atoms with E-state index in [0.29, 0.717) is 28.6 Å². The predicted molar refractivity (Wildman–Crippen MR) is 55.0 cm³/mol. The maximum atomic E-state index is 13.5. The molecular weight excluding hydrogens is 251 g/mol. The van der Waals surface area contributed by atoms with Crippen LogP contribution in [0.2, 0.25) is 0 Å².